The van der Waals surface area contributed by atoms with E-state index >= 15 is 0 Å². The van der Waals surface area contributed by atoms with Gasteiger partial charge in [-0.15, -0.1) is 0 Å². The van der Waals surface area contributed by atoms with Crippen molar-refractivity contribution < 1.29 is 14.3 Å². The van der Waals surface area contributed by atoms with Crippen LogP contribution in [0.3, 0.4) is 0 Å². The summed E-state index contributed by atoms with van der Waals surface area (Å²) in [5, 5.41) is 0.496. The van der Waals surface area contributed by atoms with Gasteiger partial charge in [0.25, 0.3) is 0 Å². The Hall–Kier alpha value is -1.35. The van der Waals surface area contributed by atoms with Crippen LogP contribution >= 0.6 is 11.6 Å². The SMILES string of the molecule is COC(=O)CCC(=O)c1cc2c(cc1Cl)CCCC2. The van der Waals surface area contributed by atoms with E-state index in [2.05, 4.69) is 4.74 Å². The highest BCUT2D eigenvalue weighted by atomic mass is 35.5. The summed E-state index contributed by atoms with van der Waals surface area (Å²) in [4.78, 5) is 23.1. The summed E-state index contributed by atoms with van der Waals surface area (Å²) in [6.45, 7) is 0. The minimum Gasteiger partial charge on any atom is -0.469 e. The van der Waals surface area contributed by atoms with Crippen LogP contribution in [-0.4, -0.2) is 18.9 Å². The number of aryl methyl sites for hydroxylation is 2. The molecule has 0 saturated heterocycles. The largest absolute Gasteiger partial charge is 0.469 e. The maximum absolute atomic E-state index is 12.1. The number of ketones is 1. The summed E-state index contributed by atoms with van der Waals surface area (Å²) in [7, 11) is 1.32. The van der Waals surface area contributed by atoms with Crippen LogP contribution in [0.4, 0.5) is 0 Å². The molecule has 19 heavy (non-hydrogen) atoms. The number of carbonyl (C=O) groups is 2. The van der Waals surface area contributed by atoms with Crippen molar-refractivity contribution in [2.24, 2.45) is 0 Å². The van der Waals surface area contributed by atoms with E-state index in [1.807, 2.05) is 12.1 Å². The monoisotopic (exact) mass is 280 g/mol. The first-order valence-electron chi connectivity index (χ1n) is 6.53. The van der Waals surface area contributed by atoms with Crippen molar-refractivity contribution in [3.05, 3.63) is 33.8 Å². The molecule has 0 saturated carbocycles. The molecule has 0 aliphatic heterocycles. The lowest BCUT2D eigenvalue weighted by atomic mass is 9.89. The average Bonchev–Trinajstić information content (AvgIpc) is 2.43. The summed E-state index contributed by atoms with van der Waals surface area (Å²) in [5.74, 6) is -0.466. The first-order chi connectivity index (χ1) is 9.11. The Labute approximate surface area is 117 Å². The Bertz CT molecular complexity index is 508. The topological polar surface area (TPSA) is 43.4 Å². The number of hydrogen-bond donors (Lipinski definition) is 0. The van der Waals surface area contributed by atoms with Gasteiger partial charge in [-0.2, -0.15) is 0 Å². The second kappa shape index (κ2) is 6.20. The van der Waals surface area contributed by atoms with Crippen LogP contribution in [-0.2, 0) is 22.4 Å². The zero-order valence-electron chi connectivity index (χ0n) is 11.0. The number of Topliss-reactive ketones (excluding diaryl/α,β-unsaturated/α-hetero) is 1. The third-order valence-electron chi connectivity index (χ3n) is 3.52. The molecule has 4 heteroatoms. The average molecular weight is 281 g/mol. The second-order valence-electron chi connectivity index (χ2n) is 4.81. The Morgan fingerprint density at radius 3 is 2.42 bits per heavy atom. The highest BCUT2D eigenvalue weighted by Gasteiger charge is 2.17. The van der Waals surface area contributed by atoms with Crippen molar-refractivity contribution in [1.82, 2.24) is 0 Å². The number of halogens is 1. The number of benzene rings is 1. The molecule has 1 aliphatic carbocycles. The number of ether oxygens (including phenoxy) is 1. The minimum atomic E-state index is -0.373. The normalized spacial score (nSPS) is 13.8. The van der Waals surface area contributed by atoms with E-state index in [0.717, 1.165) is 19.3 Å². The summed E-state index contributed by atoms with van der Waals surface area (Å²) in [6, 6.07) is 3.80. The lowest BCUT2D eigenvalue weighted by Crippen LogP contribution is -2.09. The third-order valence-corrected chi connectivity index (χ3v) is 3.83. The molecule has 0 spiro atoms. The Kier molecular flexibility index (Phi) is 4.59. The first-order valence-corrected chi connectivity index (χ1v) is 6.91. The molecule has 0 heterocycles. The van der Waals surface area contributed by atoms with Gasteiger partial charge in [-0.3, -0.25) is 9.59 Å². The van der Waals surface area contributed by atoms with Gasteiger partial charge in [0.2, 0.25) is 0 Å². The fourth-order valence-corrected chi connectivity index (χ4v) is 2.71. The van der Waals surface area contributed by atoms with Crippen LogP contribution in [0.2, 0.25) is 5.02 Å². The smallest absolute Gasteiger partial charge is 0.305 e. The number of hydrogen-bond acceptors (Lipinski definition) is 3. The molecule has 2 rings (SSSR count). The van der Waals surface area contributed by atoms with Crippen LogP contribution in [0.1, 0.15) is 47.2 Å². The molecule has 3 nitrogen and oxygen atoms in total. The van der Waals surface area contributed by atoms with Gasteiger partial charge in [0.15, 0.2) is 5.78 Å². The molecule has 1 aromatic carbocycles. The van der Waals surface area contributed by atoms with E-state index in [9.17, 15) is 9.59 Å². The zero-order chi connectivity index (χ0) is 13.8. The molecule has 0 bridgehead atoms. The highest BCUT2D eigenvalue weighted by molar-refractivity contribution is 6.34. The number of methoxy groups -OCH3 is 1. The summed E-state index contributed by atoms with van der Waals surface area (Å²) >= 11 is 6.17. The van der Waals surface area contributed by atoms with Crippen LogP contribution in [0.15, 0.2) is 12.1 Å². The van der Waals surface area contributed by atoms with Crippen LogP contribution in [0.25, 0.3) is 0 Å². The minimum absolute atomic E-state index is 0.0937. The van der Waals surface area contributed by atoms with Gasteiger partial charge in [0.1, 0.15) is 0 Å². The van der Waals surface area contributed by atoms with E-state index in [1.165, 1.54) is 24.7 Å². The molecule has 0 unspecified atom stereocenters. The molecule has 0 fully saturated rings. The lowest BCUT2D eigenvalue weighted by Gasteiger charge is -2.17. The molecule has 0 amide bonds. The molecule has 1 aliphatic rings. The van der Waals surface area contributed by atoms with Gasteiger partial charge in [0, 0.05) is 12.0 Å². The van der Waals surface area contributed by atoms with Crippen molar-refractivity contribution in [2.75, 3.05) is 7.11 Å². The molecule has 0 aromatic heterocycles. The standard InChI is InChI=1S/C15H17ClO3/c1-19-15(18)7-6-14(17)12-8-10-4-2-3-5-11(10)9-13(12)16/h8-9H,2-7H2,1H3. The fourth-order valence-electron chi connectivity index (χ4n) is 2.42. The van der Waals surface area contributed by atoms with Gasteiger partial charge in [-0.25, -0.2) is 0 Å². The summed E-state index contributed by atoms with van der Waals surface area (Å²) < 4.78 is 4.53. The van der Waals surface area contributed by atoms with Crippen LogP contribution in [0, 0.1) is 0 Å². The van der Waals surface area contributed by atoms with E-state index < -0.39 is 0 Å². The fraction of sp³-hybridized carbons (Fsp3) is 0.467. The first kappa shape index (κ1) is 14.1. The van der Waals surface area contributed by atoms with E-state index in [4.69, 9.17) is 11.6 Å². The van der Waals surface area contributed by atoms with Crippen molar-refractivity contribution in [3.8, 4) is 0 Å². The van der Waals surface area contributed by atoms with Crippen molar-refractivity contribution in [1.29, 1.82) is 0 Å². The van der Waals surface area contributed by atoms with E-state index in [-0.39, 0.29) is 24.6 Å². The zero-order valence-corrected chi connectivity index (χ0v) is 11.8. The molecule has 102 valence electrons. The Morgan fingerprint density at radius 2 is 1.79 bits per heavy atom. The van der Waals surface area contributed by atoms with Crippen molar-refractivity contribution >= 4 is 23.4 Å². The van der Waals surface area contributed by atoms with E-state index in [0.29, 0.717) is 10.6 Å². The number of esters is 1. The Morgan fingerprint density at radius 1 is 1.16 bits per heavy atom. The predicted octanol–water partition coefficient (Wildman–Crippen LogP) is 3.35. The van der Waals surface area contributed by atoms with Crippen molar-refractivity contribution in [2.45, 2.75) is 38.5 Å². The van der Waals surface area contributed by atoms with Gasteiger partial charge in [0.05, 0.1) is 18.6 Å². The maximum Gasteiger partial charge on any atom is 0.305 e. The molecule has 0 atom stereocenters. The van der Waals surface area contributed by atoms with E-state index in [1.54, 1.807) is 0 Å². The highest BCUT2D eigenvalue weighted by Crippen LogP contribution is 2.28. The lowest BCUT2D eigenvalue weighted by molar-refractivity contribution is -0.140. The number of carbonyl (C=O) groups excluding carboxylic acids is 2. The third kappa shape index (κ3) is 3.35. The molecular weight excluding hydrogens is 264 g/mol. The van der Waals surface area contributed by atoms with Gasteiger partial charge in [-0.05, 0) is 48.9 Å². The summed E-state index contributed by atoms with van der Waals surface area (Å²) in [5.41, 5.74) is 3.00. The van der Waals surface area contributed by atoms with Gasteiger partial charge in [-0.1, -0.05) is 11.6 Å². The van der Waals surface area contributed by atoms with Crippen LogP contribution in [0.5, 0.6) is 0 Å². The molecule has 1 aromatic rings. The van der Waals surface area contributed by atoms with Crippen molar-refractivity contribution in [3.63, 3.8) is 0 Å². The number of fused-ring (bicyclic) bond motifs is 1. The Balaban J connectivity index is 2.15. The van der Waals surface area contributed by atoms with Gasteiger partial charge >= 0.3 is 5.97 Å². The summed E-state index contributed by atoms with van der Waals surface area (Å²) in [6.07, 6.45) is 4.62. The second-order valence-corrected chi connectivity index (χ2v) is 5.21. The van der Waals surface area contributed by atoms with Gasteiger partial charge < -0.3 is 4.74 Å². The van der Waals surface area contributed by atoms with Crippen LogP contribution < -0.4 is 0 Å². The molecule has 0 N–H and O–H groups in total. The maximum atomic E-state index is 12.1. The number of rotatable bonds is 4. The predicted molar refractivity (Wildman–Crippen MR) is 73.7 cm³/mol. The molecular formula is C15H17ClO3. The molecule has 0 radical (unpaired) electrons. The quantitative estimate of drug-likeness (QED) is 0.627.